The zero-order chi connectivity index (χ0) is 21.6. The van der Waals surface area contributed by atoms with Gasteiger partial charge < -0.3 is 14.8 Å². The number of halogens is 1. The molecule has 0 unspecified atom stereocenters. The fourth-order valence-electron chi connectivity index (χ4n) is 3.77. The van der Waals surface area contributed by atoms with Gasteiger partial charge in [-0.05, 0) is 27.8 Å². The molecule has 1 N–H and O–H groups in total. The third kappa shape index (κ3) is 4.72. The number of alkyl carbamates (subject to hydrolysis) is 1. The highest BCUT2D eigenvalue weighted by molar-refractivity contribution is 6.19. The number of benzene rings is 3. The number of hydrogen-bond donors (Lipinski definition) is 1. The van der Waals surface area contributed by atoms with Crippen molar-refractivity contribution in [3.05, 3.63) is 95.6 Å². The summed E-state index contributed by atoms with van der Waals surface area (Å²) in [5, 5.41) is 2.51. The number of nitrogens with one attached hydrogen (secondary N) is 1. The summed E-state index contributed by atoms with van der Waals surface area (Å²) >= 11 is 5.88. The third-order valence-corrected chi connectivity index (χ3v) is 5.61. The van der Waals surface area contributed by atoms with Crippen molar-refractivity contribution in [2.45, 2.75) is 18.6 Å². The summed E-state index contributed by atoms with van der Waals surface area (Å²) < 4.78 is 10.7. The molecule has 0 aliphatic heterocycles. The van der Waals surface area contributed by atoms with Crippen LogP contribution in [0.25, 0.3) is 11.1 Å². The third-order valence-electron chi connectivity index (χ3n) is 5.30. The molecule has 3 aromatic carbocycles. The van der Waals surface area contributed by atoms with Crippen LogP contribution in [0.15, 0.2) is 78.9 Å². The van der Waals surface area contributed by atoms with Gasteiger partial charge in [-0.1, -0.05) is 78.9 Å². The van der Waals surface area contributed by atoms with Gasteiger partial charge in [0.2, 0.25) is 0 Å². The van der Waals surface area contributed by atoms with Gasteiger partial charge in [0.25, 0.3) is 0 Å². The summed E-state index contributed by atoms with van der Waals surface area (Å²) in [6.45, 7) is 0.271. The first-order valence-electron chi connectivity index (χ1n) is 10.1. The van der Waals surface area contributed by atoms with E-state index in [-0.39, 0.29) is 25.0 Å². The predicted octanol–water partition coefficient (Wildman–Crippen LogP) is 4.88. The molecule has 158 valence electrons. The van der Waals surface area contributed by atoms with Crippen LogP contribution in [0.1, 0.15) is 22.6 Å². The Kier molecular flexibility index (Phi) is 6.53. The van der Waals surface area contributed by atoms with E-state index in [1.54, 1.807) is 0 Å². The van der Waals surface area contributed by atoms with E-state index in [9.17, 15) is 9.59 Å². The highest BCUT2D eigenvalue weighted by Gasteiger charge is 2.29. The zero-order valence-electron chi connectivity index (χ0n) is 16.8. The van der Waals surface area contributed by atoms with Gasteiger partial charge >= 0.3 is 12.1 Å². The van der Waals surface area contributed by atoms with Crippen LogP contribution in [-0.2, 0) is 20.9 Å². The lowest BCUT2D eigenvalue weighted by Gasteiger charge is -2.17. The van der Waals surface area contributed by atoms with Crippen LogP contribution in [0.4, 0.5) is 4.79 Å². The summed E-state index contributed by atoms with van der Waals surface area (Å²) in [4.78, 5) is 24.7. The van der Waals surface area contributed by atoms with Crippen LogP contribution in [0.3, 0.4) is 0 Å². The maximum atomic E-state index is 12.4. The van der Waals surface area contributed by atoms with E-state index < -0.39 is 18.1 Å². The van der Waals surface area contributed by atoms with Crippen molar-refractivity contribution in [3.63, 3.8) is 0 Å². The van der Waals surface area contributed by atoms with E-state index in [2.05, 4.69) is 17.4 Å². The van der Waals surface area contributed by atoms with Gasteiger partial charge in [0.05, 0.1) is 5.88 Å². The van der Waals surface area contributed by atoms with Gasteiger partial charge in [0.15, 0.2) is 0 Å². The molecule has 1 aliphatic rings. The molecule has 6 heteroatoms. The van der Waals surface area contributed by atoms with Crippen LogP contribution in [0.5, 0.6) is 0 Å². The van der Waals surface area contributed by atoms with Crippen molar-refractivity contribution >= 4 is 23.7 Å². The molecule has 31 heavy (non-hydrogen) atoms. The van der Waals surface area contributed by atoms with Crippen LogP contribution in [-0.4, -0.2) is 30.6 Å². The van der Waals surface area contributed by atoms with Gasteiger partial charge in [0.1, 0.15) is 19.3 Å². The lowest BCUT2D eigenvalue weighted by molar-refractivity contribution is -0.146. The Hall–Kier alpha value is -3.31. The molecule has 5 nitrogen and oxygen atoms in total. The predicted molar refractivity (Wildman–Crippen MR) is 119 cm³/mol. The number of carbonyl (C=O) groups excluding carboxylic acids is 2. The van der Waals surface area contributed by atoms with Crippen LogP contribution in [0, 0.1) is 0 Å². The Balaban J connectivity index is 1.35. The molecule has 0 aromatic heterocycles. The zero-order valence-corrected chi connectivity index (χ0v) is 17.5. The summed E-state index contributed by atoms with van der Waals surface area (Å²) in [7, 11) is 0. The number of amides is 1. The number of ether oxygens (including phenoxy) is 2. The SMILES string of the molecule is O=C(N[C@@H](CCl)C(=O)OCc1ccccc1)OCC1c2ccccc2-c2ccccc21. The van der Waals surface area contributed by atoms with Crippen molar-refractivity contribution in [1.29, 1.82) is 0 Å². The van der Waals surface area contributed by atoms with E-state index in [1.807, 2.05) is 66.7 Å². The second kappa shape index (κ2) is 9.67. The molecule has 0 fully saturated rings. The Morgan fingerprint density at radius 2 is 1.42 bits per heavy atom. The minimum absolute atomic E-state index is 0.0577. The lowest BCUT2D eigenvalue weighted by Crippen LogP contribution is -2.43. The normalized spacial score (nSPS) is 13.1. The van der Waals surface area contributed by atoms with Crippen LogP contribution >= 0.6 is 11.6 Å². The second-order valence-corrected chi connectivity index (χ2v) is 7.58. The van der Waals surface area contributed by atoms with E-state index in [0.717, 1.165) is 27.8 Å². The monoisotopic (exact) mass is 435 g/mol. The van der Waals surface area contributed by atoms with E-state index in [1.165, 1.54) is 0 Å². The fraction of sp³-hybridized carbons (Fsp3) is 0.200. The van der Waals surface area contributed by atoms with Crippen molar-refractivity contribution in [1.82, 2.24) is 5.32 Å². The molecule has 0 saturated carbocycles. The highest BCUT2D eigenvalue weighted by Crippen LogP contribution is 2.44. The molecule has 0 saturated heterocycles. The average Bonchev–Trinajstić information content (AvgIpc) is 3.14. The highest BCUT2D eigenvalue weighted by atomic mass is 35.5. The minimum Gasteiger partial charge on any atom is -0.459 e. The average molecular weight is 436 g/mol. The first-order valence-corrected chi connectivity index (χ1v) is 10.6. The second-order valence-electron chi connectivity index (χ2n) is 7.27. The molecular weight excluding hydrogens is 414 g/mol. The molecule has 0 heterocycles. The van der Waals surface area contributed by atoms with Gasteiger partial charge in [-0.15, -0.1) is 11.6 Å². The molecule has 1 amide bonds. The molecule has 4 rings (SSSR count). The lowest BCUT2D eigenvalue weighted by atomic mass is 9.98. The fourth-order valence-corrected chi connectivity index (χ4v) is 3.98. The molecule has 0 bridgehead atoms. The number of hydrogen-bond acceptors (Lipinski definition) is 4. The number of rotatable bonds is 7. The van der Waals surface area contributed by atoms with Crippen LogP contribution in [0.2, 0.25) is 0 Å². The maximum Gasteiger partial charge on any atom is 0.407 e. The molecular formula is C25H22ClNO4. The smallest absolute Gasteiger partial charge is 0.407 e. The van der Waals surface area contributed by atoms with Gasteiger partial charge in [-0.3, -0.25) is 0 Å². The molecule has 0 radical (unpaired) electrons. The van der Waals surface area contributed by atoms with E-state index >= 15 is 0 Å². The van der Waals surface area contributed by atoms with Gasteiger partial charge in [0, 0.05) is 5.92 Å². The Labute approximate surface area is 185 Å². The van der Waals surface area contributed by atoms with Crippen molar-refractivity contribution in [2.24, 2.45) is 0 Å². The largest absolute Gasteiger partial charge is 0.459 e. The Morgan fingerprint density at radius 1 is 0.839 bits per heavy atom. The van der Waals surface area contributed by atoms with Gasteiger partial charge in [-0.2, -0.15) is 0 Å². The molecule has 0 spiro atoms. The number of esters is 1. The van der Waals surface area contributed by atoms with Crippen molar-refractivity contribution in [3.8, 4) is 11.1 Å². The number of fused-ring (bicyclic) bond motifs is 3. The molecule has 1 atom stereocenters. The summed E-state index contributed by atoms with van der Waals surface area (Å²) in [5.74, 6) is -0.775. The summed E-state index contributed by atoms with van der Waals surface area (Å²) in [5.41, 5.74) is 5.39. The topological polar surface area (TPSA) is 64.6 Å². The quantitative estimate of drug-likeness (QED) is 0.424. The molecule has 1 aliphatic carbocycles. The standard InChI is InChI=1S/C25H22ClNO4/c26-14-23(24(28)30-15-17-8-2-1-3-9-17)27-25(29)31-16-22-20-12-6-4-10-18(20)19-11-5-7-13-21(19)22/h1-13,22-23H,14-16H2,(H,27,29)/t23-/m0/s1. The van der Waals surface area contributed by atoms with Gasteiger partial charge in [-0.25, -0.2) is 9.59 Å². The Morgan fingerprint density at radius 3 is 2.03 bits per heavy atom. The summed E-state index contributed by atoms with van der Waals surface area (Å²) in [6, 6.07) is 24.5. The first kappa shape index (κ1) is 20.9. The maximum absolute atomic E-state index is 12.4. The number of alkyl halides is 1. The molecule has 3 aromatic rings. The van der Waals surface area contributed by atoms with E-state index in [4.69, 9.17) is 21.1 Å². The van der Waals surface area contributed by atoms with Crippen LogP contribution < -0.4 is 5.32 Å². The Bertz CT molecular complexity index is 1020. The first-order chi connectivity index (χ1) is 15.2. The number of carbonyl (C=O) groups is 2. The van der Waals surface area contributed by atoms with E-state index in [0.29, 0.717) is 0 Å². The minimum atomic E-state index is -0.985. The summed E-state index contributed by atoms with van der Waals surface area (Å²) in [6.07, 6.45) is -0.704. The van der Waals surface area contributed by atoms with Crippen molar-refractivity contribution in [2.75, 3.05) is 12.5 Å². The van der Waals surface area contributed by atoms with Crippen molar-refractivity contribution < 1.29 is 19.1 Å².